The molecule has 0 aromatic rings. The highest BCUT2D eigenvalue weighted by Gasteiger charge is 2.49. The molecule has 21 heavy (non-hydrogen) atoms. The lowest BCUT2D eigenvalue weighted by atomic mass is 9.78. The fourth-order valence-electron chi connectivity index (χ4n) is 2.75. The van der Waals surface area contributed by atoms with Crippen molar-refractivity contribution in [1.29, 1.82) is 0 Å². The molecule has 0 N–H and O–H groups in total. The summed E-state index contributed by atoms with van der Waals surface area (Å²) in [5.74, 6) is -3.93. The van der Waals surface area contributed by atoms with Crippen LogP contribution in [0.5, 0.6) is 0 Å². The van der Waals surface area contributed by atoms with Gasteiger partial charge in [-0.3, -0.25) is 9.59 Å². The Morgan fingerprint density at radius 3 is 2.29 bits per heavy atom. The van der Waals surface area contributed by atoms with Gasteiger partial charge in [0.25, 0.3) is 0 Å². The van der Waals surface area contributed by atoms with Crippen LogP contribution >= 0.6 is 0 Å². The second-order valence-electron chi connectivity index (χ2n) is 5.68. The highest BCUT2D eigenvalue weighted by atomic mass is 19.4. The average molecular weight is 309 g/mol. The summed E-state index contributed by atoms with van der Waals surface area (Å²) in [4.78, 5) is 25.0. The molecule has 1 amide bonds. The molecule has 2 atom stereocenters. The van der Waals surface area contributed by atoms with Crippen molar-refractivity contribution in [2.24, 2.45) is 11.8 Å². The van der Waals surface area contributed by atoms with Crippen LogP contribution in [-0.2, 0) is 14.3 Å². The Morgan fingerprint density at radius 1 is 1.24 bits per heavy atom. The number of esters is 1. The molecule has 1 rings (SSSR count). The van der Waals surface area contributed by atoms with Gasteiger partial charge in [-0.1, -0.05) is 12.8 Å². The summed E-state index contributed by atoms with van der Waals surface area (Å²) in [5, 5.41) is 0. The minimum Gasteiger partial charge on any atom is -0.468 e. The summed E-state index contributed by atoms with van der Waals surface area (Å²) < 4.78 is 43.8. The van der Waals surface area contributed by atoms with Gasteiger partial charge >= 0.3 is 12.1 Å². The van der Waals surface area contributed by atoms with Crippen LogP contribution in [0.3, 0.4) is 0 Å². The van der Waals surface area contributed by atoms with Gasteiger partial charge in [0.2, 0.25) is 5.91 Å². The molecule has 0 aromatic heterocycles. The molecule has 0 aromatic carbocycles. The Balaban J connectivity index is 2.92. The summed E-state index contributed by atoms with van der Waals surface area (Å²) in [7, 11) is 1.18. The molecule has 0 bridgehead atoms. The van der Waals surface area contributed by atoms with Gasteiger partial charge in [0.1, 0.15) is 6.54 Å². The summed E-state index contributed by atoms with van der Waals surface area (Å²) in [5.41, 5.74) is 0. The van der Waals surface area contributed by atoms with Crippen LogP contribution in [0.25, 0.3) is 0 Å². The fraction of sp³-hybridized carbons (Fsp3) is 0.857. The van der Waals surface area contributed by atoms with Crippen LogP contribution in [0.4, 0.5) is 13.2 Å². The first kappa shape index (κ1) is 17.8. The zero-order valence-corrected chi connectivity index (χ0v) is 12.6. The standard InChI is InChI=1S/C14H22F3NO3/c1-9(2)18(8-12(19)21-3)13(20)10-6-4-5-7-11(10)14(15,16)17/h9-11H,4-8H2,1-3H3. The second-order valence-corrected chi connectivity index (χ2v) is 5.68. The van der Waals surface area contributed by atoms with Crippen molar-refractivity contribution in [3.63, 3.8) is 0 Å². The van der Waals surface area contributed by atoms with Crippen LogP contribution < -0.4 is 0 Å². The third-order valence-electron chi connectivity index (χ3n) is 3.94. The van der Waals surface area contributed by atoms with Gasteiger partial charge in [0.15, 0.2) is 0 Å². The maximum Gasteiger partial charge on any atom is 0.392 e. The van der Waals surface area contributed by atoms with Gasteiger partial charge in [-0.15, -0.1) is 0 Å². The predicted molar refractivity (Wildman–Crippen MR) is 70.4 cm³/mol. The molecular formula is C14H22F3NO3. The smallest absolute Gasteiger partial charge is 0.392 e. The van der Waals surface area contributed by atoms with E-state index < -0.39 is 29.9 Å². The van der Waals surface area contributed by atoms with Gasteiger partial charge in [-0.2, -0.15) is 13.2 Å². The first-order valence-electron chi connectivity index (χ1n) is 7.12. The molecule has 0 radical (unpaired) electrons. The monoisotopic (exact) mass is 309 g/mol. The summed E-state index contributed by atoms with van der Waals surface area (Å²) in [6, 6.07) is -0.354. The highest BCUT2D eigenvalue weighted by molar-refractivity contribution is 5.84. The molecule has 4 nitrogen and oxygen atoms in total. The molecule has 1 fully saturated rings. The maximum atomic E-state index is 13.1. The third-order valence-corrected chi connectivity index (χ3v) is 3.94. The van der Waals surface area contributed by atoms with Gasteiger partial charge in [-0.05, 0) is 26.7 Å². The minimum atomic E-state index is -4.38. The molecule has 0 saturated heterocycles. The largest absolute Gasteiger partial charge is 0.468 e. The van der Waals surface area contributed by atoms with E-state index in [1.807, 2.05) is 0 Å². The van der Waals surface area contributed by atoms with Crippen molar-refractivity contribution in [1.82, 2.24) is 4.90 Å². The number of amides is 1. The SMILES string of the molecule is COC(=O)CN(C(=O)C1CCCCC1C(F)(F)F)C(C)C. The molecule has 122 valence electrons. The van der Waals surface area contributed by atoms with Crippen molar-refractivity contribution in [3.05, 3.63) is 0 Å². The highest BCUT2D eigenvalue weighted by Crippen LogP contribution is 2.42. The normalized spacial score (nSPS) is 23.0. The molecular weight excluding hydrogens is 287 g/mol. The van der Waals surface area contributed by atoms with Crippen LogP contribution in [0.2, 0.25) is 0 Å². The van der Waals surface area contributed by atoms with Crippen LogP contribution in [0.1, 0.15) is 39.5 Å². The third kappa shape index (κ3) is 4.61. The van der Waals surface area contributed by atoms with Gasteiger partial charge in [-0.25, -0.2) is 0 Å². The zero-order chi connectivity index (χ0) is 16.2. The lowest BCUT2D eigenvalue weighted by Gasteiger charge is -2.36. The topological polar surface area (TPSA) is 46.6 Å². The van der Waals surface area contributed by atoms with Crippen molar-refractivity contribution in [2.75, 3.05) is 13.7 Å². The summed E-state index contributed by atoms with van der Waals surface area (Å²) in [6.07, 6.45) is -3.11. The van der Waals surface area contributed by atoms with Crippen LogP contribution in [-0.4, -0.2) is 42.6 Å². The number of hydrogen-bond donors (Lipinski definition) is 0. The van der Waals surface area contributed by atoms with E-state index in [2.05, 4.69) is 4.74 Å². The number of halogens is 3. The van der Waals surface area contributed by atoms with E-state index >= 15 is 0 Å². The van der Waals surface area contributed by atoms with Gasteiger partial charge in [0.05, 0.1) is 13.0 Å². The lowest BCUT2D eigenvalue weighted by molar-refractivity contribution is -0.201. The second kappa shape index (κ2) is 7.13. The summed E-state index contributed by atoms with van der Waals surface area (Å²) in [6.45, 7) is 3.03. The molecule has 1 aliphatic carbocycles. The van der Waals surface area contributed by atoms with E-state index in [0.29, 0.717) is 12.8 Å². The molecule has 0 spiro atoms. The number of rotatable bonds is 4. The summed E-state index contributed by atoms with van der Waals surface area (Å²) >= 11 is 0. The Labute approximate surface area is 122 Å². The van der Waals surface area contributed by atoms with E-state index in [1.54, 1.807) is 13.8 Å². The maximum absolute atomic E-state index is 13.1. The predicted octanol–water partition coefficient (Wildman–Crippen LogP) is 2.77. The molecule has 1 saturated carbocycles. The first-order valence-corrected chi connectivity index (χ1v) is 7.12. The Bertz CT molecular complexity index is 382. The Morgan fingerprint density at radius 2 is 1.81 bits per heavy atom. The van der Waals surface area contributed by atoms with Crippen LogP contribution in [0, 0.1) is 11.8 Å². The van der Waals surface area contributed by atoms with Crippen LogP contribution in [0.15, 0.2) is 0 Å². The molecule has 1 aliphatic rings. The number of alkyl halides is 3. The first-order chi connectivity index (χ1) is 9.68. The minimum absolute atomic E-state index is 0.0237. The Kier molecular flexibility index (Phi) is 6.04. The van der Waals surface area contributed by atoms with Gasteiger partial charge < -0.3 is 9.64 Å². The number of methoxy groups -OCH3 is 1. The fourth-order valence-corrected chi connectivity index (χ4v) is 2.75. The molecule has 7 heteroatoms. The quantitative estimate of drug-likeness (QED) is 0.750. The van der Waals surface area contributed by atoms with Crippen molar-refractivity contribution < 1.29 is 27.5 Å². The number of ether oxygens (including phenoxy) is 1. The number of nitrogens with zero attached hydrogens (tertiary/aromatic N) is 1. The molecule has 0 aliphatic heterocycles. The number of carbonyl (C=O) groups is 2. The molecule has 2 unspecified atom stereocenters. The van der Waals surface area contributed by atoms with Gasteiger partial charge in [0, 0.05) is 12.0 Å². The van der Waals surface area contributed by atoms with Crippen molar-refractivity contribution in [2.45, 2.75) is 51.7 Å². The van der Waals surface area contributed by atoms with E-state index in [0.717, 1.165) is 0 Å². The lowest BCUT2D eigenvalue weighted by Crippen LogP contribution is -2.48. The van der Waals surface area contributed by atoms with E-state index in [-0.39, 0.29) is 25.4 Å². The molecule has 0 heterocycles. The zero-order valence-electron chi connectivity index (χ0n) is 12.6. The Hall–Kier alpha value is -1.27. The van der Waals surface area contributed by atoms with E-state index in [4.69, 9.17) is 0 Å². The average Bonchev–Trinajstić information content (AvgIpc) is 2.42. The number of hydrogen-bond acceptors (Lipinski definition) is 3. The van der Waals surface area contributed by atoms with Crippen molar-refractivity contribution >= 4 is 11.9 Å². The van der Waals surface area contributed by atoms with E-state index in [9.17, 15) is 22.8 Å². The van der Waals surface area contributed by atoms with Crippen molar-refractivity contribution in [3.8, 4) is 0 Å². The van der Waals surface area contributed by atoms with E-state index in [1.165, 1.54) is 12.0 Å². The number of carbonyl (C=O) groups excluding carboxylic acids is 2.